The lowest BCUT2D eigenvalue weighted by atomic mass is 10.2. The molecule has 1 amide bonds. The van der Waals surface area contributed by atoms with E-state index in [1.54, 1.807) is 19.1 Å². The Labute approximate surface area is 136 Å². The van der Waals surface area contributed by atoms with Gasteiger partial charge in [-0.25, -0.2) is 13.1 Å². The number of nitrogens with one attached hydrogen (secondary N) is 1. The number of hydrogen-bond acceptors (Lipinski definition) is 5. The van der Waals surface area contributed by atoms with Crippen LogP contribution in [0.3, 0.4) is 0 Å². The first-order valence-corrected chi connectivity index (χ1v) is 8.83. The van der Waals surface area contributed by atoms with Crippen molar-refractivity contribution in [3.63, 3.8) is 0 Å². The Morgan fingerprint density at radius 2 is 1.78 bits per heavy atom. The van der Waals surface area contributed by atoms with E-state index in [1.807, 2.05) is 22.6 Å². The van der Waals surface area contributed by atoms with E-state index in [1.165, 1.54) is 12.1 Å². The molecule has 6 nitrogen and oxygen atoms in total. The lowest BCUT2D eigenvalue weighted by molar-refractivity contribution is -0.115. The molecule has 1 fully saturated rings. The van der Waals surface area contributed by atoms with Gasteiger partial charge in [0.2, 0.25) is 0 Å². The summed E-state index contributed by atoms with van der Waals surface area (Å²) in [4.78, 5) is 14.2. The first kappa shape index (κ1) is 17.0. The highest BCUT2D eigenvalue weighted by Crippen LogP contribution is 2.18. The van der Waals surface area contributed by atoms with E-state index in [0.29, 0.717) is 5.70 Å². The van der Waals surface area contributed by atoms with E-state index < -0.39 is 15.9 Å². The summed E-state index contributed by atoms with van der Waals surface area (Å²) in [5.41, 5.74) is 1.27. The van der Waals surface area contributed by atoms with E-state index in [2.05, 4.69) is 0 Å². The molecular weight excluding hydrogens is 314 g/mol. The smallest absolute Gasteiger partial charge is 0.277 e. The molecule has 1 saturated heterocycles. The first-order chi connectivity index (χ1) is 10.8. The van der Waals surface area contributed by atoms with Crippen molar-refractivity contribution in [2.24, 2.45) is 0 Å². The standard InChI is InChI=1S/C16H19N3O3S/c1-12-5-7-14(8-6-12)23(21,22)18-16(20)15(11-17)13(2)19-9-3-4-10-19/h5-8H,3-4,9-10H2,1-2H3,(H,18,20)/b15-13-. The molecule has 0 aliphatic carbocycles. The molecule has 0 saturated carbocycles. The van der Waals surface area contributed by atoms with Crippen molar-refractivity contribution in [2.75, 3.05) is 13.1 Å². The number of nitriles is 1. The largest absolute Gasteiger partial charge is 0.374 e. The molecule has 1 heterocycles. The van der Waals surface area contributed by atoms with Crippen molar-refractivity contribution >= 4 is 15.9 Å². The van der Waals surface area contributed by atoms with Crippen LogP contribution in [0.15, 0.2) is 40.4 Å². The van der Waals surface area contributed by atoms with Gasteiger partial charge in [-0.3, -0.25) is 4.79 Å². The minimum Gasteiger partial charge on any atom is -0.374 e. The molecule has 0 spiro atoms. The highest BCUT2D eigenvalue weighted by atomic mass is 32.2. The van der Waals surface area contributed by atoms with E-state index >= 15 is 0 Å². The van der Waals surface area contributed by atoms with E-state index in [4.69, 9.17) is 0 Å². The van der Waals surface area contributed by atoms with Crippen LogP contribution in [0.25, 0.3) is 0 Å². The first-order valence-electron chi connectivity index (χ1n) is 7.35. The van der Waals surface area contributed by atoms with Crippen LogP contribution in [-0.2, 0) is 14.8 Å². The molecule has 1 aromatic rings. The number of hydrogen-bond donors (Lipinski definition) is 1. The van der Waals surface area contributed by atoms with E-state index in [9.17, 15) is 18.5 Å². The predicted octanol–water partition coefficient (Wildman–Crippen LogP) is 1.69. The number of nitrogens with zero attached hydrogens (tertiary/aromatic N) is 2. The third-order valence-corrected chi connectivity index (χ3v) is 5.19. The number of amides is 1. The van der Waals surface area contributed by atoms with Crippen molar-refractivity contribution in [3.8, 4) is 6.07 Å². The maximum Gasteiger partial charge on any atom is 0.277 e. The van der Waals surface area contributed by atoms with Crippen molar-refractivity contribution in [1.82, 2.24) is 9.62 Å². The molecule has 1 aromatic carbocycles. The van der Waals surface area contributed by atoms with Crippen molar-refractivity contribution in [2.45, 2.75) is 31.6 Å². The second-order valence-corrected chi connectivity index (χ2v) is 7.20. The van der Waals surface area contributed by atoms with E-state index in [-0.39, 0.29) is 10.5 Å². The molecule has 23 heavy (non-hydrogen) atoms. The van der Waals surface area contributed by atoms with Crippen LogP contribution in [0, 0.1) is 18.3 Å². The van der Waals surface area contributed by atoms with Crippen LogP contribution in [0.1, 0.15) is 25.3 Å². The van der Waals surface area contributed by atoms with E-state index in [0.717, 1.165) is 31.5 Å². The Kier molecular flexibility index (Phi) is 5.06. The number of aryl methyl sites for hydroxylation is 1. The SMILES string of the molecule is C/C(=C(\C#N)C(=O)NS(=O)(=O)c1ccc(C)cc1)N1CCCC1. The topological polar surface area (TPSA) is 90.3 Å². The van der Waals surface area contributed by atoms with Crippen LogP contribution in [0.4, 0.5) is 0 Å². The minimum absolute atomic E-state index is 0.00688. The van der Waals surface area contributed by atoms with Gasteiger partial charge in [-0.2, -0.15) is 5.26 Å². The summed E-state index contributed by atoms with van der Waals surface area (Å²) in [6.07, 6.45) is 2.00. The monoisotopic (exact) mass is 333 g/mol. The van der Waals surface area contributed by atoms with Gasteiger partial charge in [-0.15, -0.1) is 0 Å². The molecule has 1 aliphatic heterocycles. The molecular formula is C16H19N3O3S. The van der Waals surface area contributed by atoms with Gasteiger partial charge < -0.3 is 4.90 Å². The fraction of sp³-hybridized carbons (Fsp3) is 0.375. The maximum atomic E-state index is 12.2. The average Bonchev–Trinajstić information content (AvgIpc) is 3.02. The number of carbonyl (C=O) groups excluding carboxylic acids is 1. The summed E-state index contributed by atoms with van der Waals surface area (Å²) in [6, 6.07) is 7.97. The van der Waals surface area contributed by atoms with Crippen LogP contribution in [0.2, 0.25) is 0 Å². The number of carbonyl (C=O) groups is 1. The van der Waals surface area contributed by atoms with Crippen molar-refractivity contribution < 1.29 is 13.2 Å². The van der Waals surface area contributed by atoms with Gasteiger partial charge in [0, 0.05) is 18.8 Å². The summed E-state index contributed by atoms with van der Waals surface area (Å²) in [7, 11) is -3.99. The highest BCUT2D eigenvalue weighted by molar-refractivity contribution is 7.90. The summed E-state index contributed by atoms with van der Waals surface area (Å²) in [6.45, 7) is 5.05. The number of allylic oxidation sites excluding steroid dienone is 1. The molecule has 1 aliphatic rings. The number of likely N-dealkylation sites (tertiary alicyclic amines) is 1. The molecule has 0 aromatic heterocycles. The fourth-order valence-electron chi connectivity index (χ4n) is 2.46. The summed E-state index contributed by atoms with van der Waals surface area (Å²) < 4.78 is 26.5. The van der Waals surface area contributed by atoms with Gasteiger partial charge in [-0.05, 0) is 38.8 Å². The quantitative estimate of drug-likeness (QED) is 0.669. The lowest BCUT2D eigenvalue weighted by Gasteiger charge is -2.19. The summed E-state index contributed by atoms with van der Waals surface area (Å²) in [5.74, 6) is -0.891. The van der Waals surface area contributed by atoms with Crippen LogP contribution < -0.4 is 4.72 Å². The highest BCUT2D eigenvalue weighted by Gasteiger charge is 2.24. The van der Waals surface area contributed by atoms with Gasteiger partial charge in [-0.1, -0.05) is 17.7 Å². The molecule has 0 radical (unpaired) electrons. The number of sulfonamides is 1. The van der Waals surface area contributed by atoms with Crippen molar-refractivity contribution in [3.05, 3.63) is 41.1 Å². The van der Waals surface area contributed by atoms with Gasteiger partial charge >= 0.3 is 0 Å². The molecule has 0 unspecified atom stereocenters. The number of benzene rings is 1. The Morgan fingerprint density at radius 1 is 1.22 bits per heavy atom. The van der Waals surface area contributed by atoms with Crippen LogP contribution in [-0.4, -0.2) is 32.3 Å². The van der Waals surface area contributed by atoms with Crippen LogP contribution >= 0.6 is 0 Å². The zero-order valence-corrected chi connectivity index (χ0v) is 14.0. The Balaban J connectivity index is 2.24. The summed E-state index contributed by atoms with van der Waals surface area (Å²) >= 11 is 0. The third-order valence-electron chi connectivity index (χ3n) is 3.84. The summed E-state index contributed by atoms with van der Waals surface area (Å²) in [5, 5.41) is 9.24. The average molecular weight is 333 g/mol. The zero-order chi connectivity index (χ0) is 17.0. The van der Waals surface area contributed by atoms with Gasteiger partial charge in [0.1, 0.15) is 11.6 Å². The molecule has 0 bridgehead atoms. The number of rotatable bonds is 4. The van der Waals surface area contributed by atoms with Crippen LogP contribution in [0.5, 0.6) is 0 Å². The third kappa shape index (κ3) is 3.90. The normalized spacial score (nSPS) is 15.8. The molecule has 0 atom stereocenters. The minimum atomic E-state index is -3.99. The fourth-order valence-corrected chi connectivity index (χ4v) is 3.41. The van der Waals surface area contributed by atoms with Gasteiger partial charge in [0.25, 0.3) is 15.9 Å². The van der Waals surface area contributed by atoms with Gasteiger partial charge in [0.05, 0.1) is 4.90 Å². The molecule has 7 heteroatoms. The van der Waals surface area contributed by atoms with Crippen molar-refractivity contribution in [1.29, 1.82) is 5.26 Å². The second kappa shape index (κ2) is 6.84. The zero-order valence-electron chi connectivity index (χ0n) is 13.2. The lowest BCUT2D eigenvalue weighted by Crippen LogP contribution is -2.33. The van der Waals surface area contributed by atoms with Gasteiger partial charge in [0.15, 0.2) is 0 Å². The maximum absolute atomic E-state index is 12.2. The molecule has 2 rings (SSSR count). The predicted molar refractivity (Wildman–Crippen MR) is 85.6 cm³/mol. The Bertz CT molecular complexity index is 768. The molecule has 1 N–H and O–H groups in total. The Morgan fingerprint density at radius 3 is 2.30 bits per heavy atom. The molecule has 122 valence electrons. The Hall–Kier alpha value is -2.33. The second-order valence-electron chi connectivity index (χ2n) is 5.51.